The van der Waals surface area contributed by atoms with Crippen molar-refractivity contribution >= 4 is 23.4 Å². The number of nitrogens with zero attached hydrogens (tertiary/aromatic N) is 3. The van der Waals surface area contributed by atoms with E-state index in [2.05, 4.69) is 9.97 Å². The predicted molar refractivity (Wildman–Crippen MR) is 94.1 cm³/mol. The molecule has 0 fully saturated rings. The average Bonchev–Trinajstić information content (AvgIpc) is 3.18. The van der Waals surface area contributed by atoms with Crippen LogP contribution in [-0.2, 0) is 17.5 Å². The van der Waals surface area contributed by atoms with E-state index < -0.39 is 11.9 Å². The van der Waals surface area contributed by atoms with Crippen LogP contribution in [0.5, 0.6) is 0 Å². The molecule has 0 aliphatic carbocycles. The lowest BCUT2D eigenvalue weighted by molar-refractivity contribution is -0.141. The van der Waals surface area contributed by atoms with E-state index in [1.165, 1.54) is 11.2 Å². The highest BCUT2D eigenvalue weighted by molar-refractivity contribution is 7.99. The zero-order chi connectivity index (χ0) is 19.3. The Hall–Kier alpha value is -2.81. The molecule has 2 aromatic heterocycles. The topological polar surface area (TPSA) is 59.2 Å². The fourth-order valence-electron chi connectivity index (χ4n) is 2.26. The minimum atomic E-state index is -4.56. The van der Waals surface area contributed by atoms with Gasteiger partial charge in [-0.3, -0.25) is 4.79 Å². The van der Waals surface area contributed by atoms with Crippen LogP contribution >= 0.6 is 11.8 Å². The fourth-order valence-corrected chi connectivity index (χ4v) is 2.97. The second-order valence-electron chi connectivity index (χ2n) is 5.41. The van der Waals surface area contributed by atoms with Crippen LogP contribution in [-0.4, -0.2) is 21.6 Å². The van der Waals surface area contributed by atoms with Crippen LogP contribution in [0.1, 0.15) is 11.5 Å². The first-order valence-electron chi connectivity index (χ1n) is 7.84. The molecule has 1 aromatic carbocycles. The average molecular weight is 393 g/mol. The molecule has 9 heteroatoms. The van der Waals surface area contributed by atoms with Gasteiger partial charge in [-0.25, -0.2) is 9.97 Å². The van der Waals surface area contributed by atoms with Crippen molar-refractivity contribution in [2.24, 2.45) is 0 Å². The van der Waals surface area contributed by atoms with Gasteiger partial charge in [-0.2, -0.15) is 13.2 Å². The lowest BCUT2D eigenvalue weighted by atomic mass is 10.2. The number of rotatable bonds is 6. The van der Waals surface area contributed by atoms with Crippen molar-refractivity contribution in [3.8, 4) is 0 Å². The van der Waals surface area contributed by atoms with Gasteiger partial charge < -0.3 is 9.32 Å². The van der Waals surface area contributed by atoms with Crippen molar-refractivity contribution in [1.82, 2.24) is 9.97 Å². The molecule has 0 aliphatic rings. The largest absolute Gasteiger partial charge is 0.467 e. The summed E-state index contributed by atoms with van der Waals surface area (Å²) in [6.07, 6.45) is -2.02. The monoisotopic (exact) mass is 393 g/mol. The molecule has 0 unspecified atom stereocenters. The van der Waals surface area contributed by atoms with Crippen molar-refractivity contribution in [3.05, 3.63) is 72.4 Å². The van der Waals surface area contributed by atoms with E-state index in [-0.39, 0.29) is 23.4 Å². The smallest absolute Gasteiger partial charge is 0.433 e. The quantitative estimate of drug-likeness (QED) is 0.459. The van der Waals surface area contributed by atoms with E-state index in [0.717, 1.165) is 24.0 Å². The number of hydrogen-bond acceptors (Lipinski definition) is 5. The summed E-state index contributed by atoms with van der Waals surface area (Å²) >= 11 is 0.850. The van der Waals surface area contributed by atoms with Crippen LogP contribution in [0.25, 0.3) is 0 Å². The molecule has 140 valence electrons. The van der Waals surface area contributed by atoms with Gasteiger partial charge >= 0.3 is 6.18 Å². The Morgan fingerprint density at radius 1 is 1.11 bits per heavy atom. The Balaban J connectivity index is 1.73. The van der Waals surface area contributed by atoms with Gasteiger partial charge in [0, 0.05) is 11.9 Å². The van der Waals surface area contributed by atoms with Gasteiger partial charge in [0.15, 0.2) is 5.16 Å². The molecule has 0 saturated carbocycles. The first-order valence-corrected chi connectivity index (χ1v) is 8.83. The van der Waals surface area contributed by atoms with Crippen LogP contribution in [0.15, 0.2) is 70.6 Å². The third kappa shape index (κ3) is 5.10. The number of anilines is 1. The van der Waals surface area contributed by atoms with E-state index in [1.807, 2.05) is 6.07 Å². The molecule has 0 N–H and O–H groups in total. The molecule has 27 heavy (non-hydrogen) atoms. The van der Waals surface area contributed by atoms with Gasteiger partial charge in [-0.15, -0.1) is 0 Å². The summed E-state index contributed by atoms with van der Waals surface area (Å²) < 4.78 is 43.5. The highest BCUT2D eigenvalue weighted by Gasteiger charge is 2.32. The molecule has 0 atom stereocenters. The van der Waals surface area contributed by atoms with Crippen LogP contribution < -0.4 is 4.90 Å². The number of amides is 1. The fraction of sp³-hybridized carbons (Fsp3) is 0.167. The van der Waals surface area contributed by atoms with E-state index >= 15 is 0 Å². The second-order valence-corrected chi connectivity index (χ2v) is 6.35. The van der Waals surface area contributed by atoms with E-state index in [0.29, 0.717) is 11.4 Å². The Bertz CT molecular complexity index is 886. The zero-order valence-electron chi connectivity index (χ0n) is 13.9. The van der Waals surface area contributed by atoms with Gasteiger partial charge in [-0.05, 0) is 30.3 Å². The van der Waals surface area contributed by atoms with Gasteiger partial charge in [0.1, 0.15) is 11.5 Å². The number of carbonyl (C=O) groups is 1. The van der Waals surface area contributed by atoms with E-state index in [4.69, 9.17) is 4.42 Å². The Morgan fingerprint density at radius 2 is 1.89 bits per heavy atom. The molecular formula is C18H14F3N3O2S. The first kappa shape index (κ1) is 19.0. The highest BCUT2D eigenvalue weighted by atomic mass is 32.2. The zero-order valence-corrected chi connectivity index (χ0v) is 14.7. The van der Waals surface area contributed by atoms with Crippen molar-refractivity contribution < 1.29 is 22.4 Å². The van der Waals surface area contributed by atoms with E-state index in [1.54, 1.807) is 36.4 Å². The van der Waals surface area contributed by atoms with Crippen molar-refractivity contribution in [3.63, 3.8) is 0 Å². The Morgan fingerprint density at radius 3 is 2.56 bits per heavy atom. The molecule has 0 spiro atoms. The molecule has 0 bridgehead atoms. The number of thioether (sulfide) groups is 1. The third-order valence-corrected chi connectivity index (χ3v) is 4.36. The van der Waals surface area contributed by atoms with Crippen molar-refractivity contribution in [1.29, 1.82) is 0 Å². The number of halogens is 3. The van der Waals surface area contributed by atoms with Gasteiger partial charge in [0.05, 0.1) is 18.6 Å². The summed E-state index contributed by atoms with van der Waals surface area (Å²) in [6, 6.07) is 13.2. The maximum atomic E-state index is 12.7. The SMILES string of the molecule is O=C(CSc1nccc(C(F)(F)F)n1)N(Cc1ccco1)c1ccccc1. The minimum absolute atomic E-state index is 0.107. The molecule has 0 saturated heterocycles. The summed E-state index contributed by atoms with van der Waals surface area (Å²) in [6.45, 7) is 0.208. The standard InChI is InChI=1S/C18H14F3N3O2S/c19-18(20,21)15-8-9-22-17(23-15)27-12-16(25)24(11-14-7-4-10-26-14)13-5-2-1-3-6-13/h1-10H,11-12H2. The molecule has 5 nitrogen and oxygen atoms in total. The molecule has 0 aliphatic heterocycles. The highest BCUT2D eigenvalue weighted by Crippen LogP contribution is 2.28. The molecule has 0 radical (unpaired) electrons. The van der Waals surface area contributed by atoms with Crippen LogP contribution in [0.3, 0.4) is 0 Å². The molecule has 1 amide bonds. The predicted octanol–water partition coefficient (Wildman–Crippen LogP) is 4.41. The number of carbonyl (C=O) groups excluding carboxylic acids is 1. The Kier molecular flexibility index (Phi) is 5.80. The number of hydrogen-bond donors (Lipinski definition) is 0. The van der Waals surface area contributed by atoms with Crippen LogP contribution in [0, 0.1) is 0 Å². The number of benzene rings is 1. The summed E-state index contributed by atoms with van der Waals surface area (Å²) in [5, 5.41) is -0.107. The molecule has 3 rings (SSSR count). The van der Waals surface area contributed by atoms with Gasteiger partial charge in [0.25, 0.3) is 0 Å². The maximum Gasteiger partial charge on any atom is 0.433 e. The van der Waals surface area contributed by atoms with Gasteiger partial charge in [0.2, 0.25) is 5.91 Å². The summed E-state index contributed by atoms with van der Waals surface area (Å²) in [7, 11) is 0. The normalized spacial score (nSPS) is 11.4. The van der Waals surface area contributed by atoms with Crippen molar-refractivity contribution in [2.75, 3.05) is 10.7 Å². The number of furan rings is 1. The van der Waals surface area contributed by atoms with Gasteiger partial charge in [-0.1, -0.05) is 30.0 Å². The number of aromatic nitrogens is 2. The number of alkyl halides is 3. The molecule has 2 heterocycles. The second kappa shape index (κ2) is 8.26. The Labute approximate surface area is 157 Å². The van der Waals surface area contributed by atoms with E-state index in [9.17, 15) is 18.0 Å². The summed E-state index contributed by atoms with van der Waals surface area (Å²) in [5.74, 6) is 0.174. The minimum Gasteiger partial charge on any atom is -0.467 e. The molecule has 3 aromatic rings. The lowest BCUT2D eigenvalue weighted by Crippen LogP contribution is -2.31. The van der Waals surface area contributed by atoms with Crippen LogP contribution in [0.2, 0.25) is 0 Å². The lowest BCUT2D eigenvalue weighted by Gasteiger charge is -2.21. The van der Waals surface area contributed by atoms with Crippen LogP contribution in [0.4, 0.5) is 18.9 Å². The number of para-hydroxylation sites is 1. The third-order valence-electron chi connectivity index (χ3n) is 3.51. The molecular weight excluding hydrogens is 379 g/mol. The first-order chi connectivity index (χ1) is 12.9. The van der Waals surface area contributed by atoms with Crippen molar-refractivity contribution in [2.45, 2.75) is 17.9 Å². The summed E-state index contributed by atoms with van der Waals surface area (Å²) in [5.41, 5.74) is -0.382. The maximum absolute atomic E-state index is 12.7. The summed E-state index contributed by atoms with van der Waals surface area (Å²) in [4.78, 5) is 21.5.